The maximum Gasteiger partial charge on any atom is 0.129 e. The Balaban J connectivity index is 2.65. The molecule has 0 spiro atoms. The Hall–Kier alpha value is -1.48. The molecule has 0 saturated carbocycles. The minimum Gasteiger partial charge on any atom is -0.385 e. The van der Waals surface area contributed by atoms with Crippen LogP contribution in [0.15, 0.2) is 18.2 Å². The predicted molar refractivity (Wildman–Crippen MR) is 74.8 cm³/mol. The van der Waals surface area contributed by atoms with Crippen LogP contribution in [0.4, 0.5) is 4.39 Å². The van der Waals surface area contributed by atoms with Gasteiger partial charge in [-0.3, -0.25) is 4.90 Å². The lowest BCUT2D eigenvalue weighted by atomic mass is 10.1. The van der Waals surface area contributed by atoms with Crippen LogP contribution >= 0.6 is 0 Å². The summed E-state index contributed by atoms with van der Waals surface area (Å²) in [6, 6.07) is 6.52. The molecule has 20 heavy (non-hydrogen) atoms. The van der Waals surface area contributed by atoms with Crippen molar-refractivity contribution in [2.45, 2.75) is 13.0 Å². The van der Waals surface area contributed by atoms with E-state index < -0.39 is 0 Å². The summed E-state index contributed by atoms with van der Waals surface area (Å²) in [6.45, 7) is 3.34. The largest absolute Gasteiger partial charge is 0.385 e. The van der Waals surface area contributed by atoms with E-state index in [1.54, 1.807) is 26.4 Å². The maximum absolute atomic E-state index is 13.9. The van der Waals surface area contributed by atoms with E-state index in [1.165, 1.54) is 6.07 Å². The first kappa shape index (κ1) is 16.6. The summed E-state index contributed by atoms with van der Waals surface area (Å²) in [4.78, 5) is 2.12. The summed E-state index contributed by atoms with van der Waals surface area (Å²) >= 11 is 0. The van der Waals surface area contributed by atoms with Crippen LogP contribution in [0.25, 0.3) is 0 Å². The fraction of sp³-hybridized carbons (Fsp3) is 0.533. The van der Waals surface area contributed by atoms with Crippen LogP contribution in [0, 0.1) is 17.1 Å². The lowest BCUT2D eigenvalue weighted by molar-refractivity contribution is 0.128. The van der Waals surface area contributed by atoms with E-state index in [4.69, 9.17) is 14.7 Å². The standard InChI is InChI=1S/C15H21FN2O2/c1-19-8-3-6-18(7-9-20-2)12-14-5-4-13(11-17)10-15(14)16/h4-5,10H,3,6-9,12H2,1-2H3. The Labute approximate surface area is 119 Å². The summed E-state index contributed by atoms with van der Waals surface area (Å²) < 4.78 is 24.0. The van der Waals surface area contributed by atoms with E-state index in [0.717, 1.165) is 19.5 Å². The van der Waals surface area contributed by atoms with Gasteiger partial charge in [0.15, 0.2) is 0 Å². The van der Waals surface area contributed by atoms with E-state index in [-0.39, 0.29) is 5.82 Å². The van der Waals surface area contributed by atoms with E-state index >= 15 is 0 Å². The molecule has 5 heteroatoms. The number of halogens is 1. The van der Waals surface area contributed by atoms with Crippen LogP contribution in [0.1, 0.15) is 17.5 Å². The molecule has 0 aromatic heterocycles. The van der Waals surface area contributed by atoms with Gasteiger partial charge in [-0.15, -0.1) is 0 Å². The van der Waals surface area contributed by atoms with E-state index in [9.17, 15) is 4.39 Å². The Bertz CT molecular complexity index is 446. The van der Waals surface area contributed by atoms with Gasteiger partial charge in [0.05, 0.1) is 18.2 Å². The lowest BCUT2D eigenvalue weighted by Crippen LogP contribution is -2.29. The van der Waals surface area contributed by atoms with Gasteiger partial charge in [0.1, 0.15) is 5.82 Å². The van der Waals surface area contributed by atoms with Crippen molar-refractivity contribution in [2.24, 2.45) is 0 Å². The summed E-state index contributed by atoms with van der Waals surface area (Å²) in [5, 5.41) is 8.74. The summed E-state index contributed by atoms with van der Waals surface area (Å²) in [5.74, 6) is -0.335. The summed E-state index contributed by atoms with van der Waals surface area (Å²) in [7, 11) is 3.31. The van der Waals surface area contributed by atoms with Gasteiger partial charge in [-0.1, -0.05) is 6.07 Å². The highest BCUT2D eigenvalue weighted by atomic mass is 19.1. The number of methoxy groups -OCH3 is 2. The molecule has 0 amide bonds. The average Bonchev–Trinajstić information content (AvgIpc) is 2.46. The molecule has 110 valence electrons. The summed E-state index contributed by atoms with van der Waals surface area (Å²) in [6.07, 6.45) is 0.887. The van der Waals surface area contributed by atoms with Crippen molar-refractivity contribution >= 4 is 0 Å². The van der Waals surface area contributed by atoms with Gasteiger partial charge < -0.3 is 9.47 Å². The van der Waals surface area contributed by atoms with Crippen LogP contribution in [-0.2, 0) is 16.0 Å². The first-order chi connectivity index (χ1) is 9.71. The van der Waals surface area contributed by atoms with Crippen LogP contribution in [0.3, 0.4) is 0 Å². The molecule has 0 aliphatic carbocycles. The third-order valence-electron chi connectivity index (χ3n) is 3.01. The smallest absolute Gasteiger partial charge is 0.129 e. The van der Waals surface area contributed by atoms with Gasteiger partial charge in [0, 0.05) is 46.0 Å². The van der Waals surface area contributed by atoms with Crippen molar-refractivity contribution in [2.75, 3.05) is 40.5 Å². The van der Waals surface area contributed by atoms with Crippen molar-refractivity contribution in [1.82, 2.24) is 4.90 Å². The quantitative estimate of drug-likeness (QED) is 0.650. The van der Waals surface area contributed by atoms with Gasteiger partial charge in [-0.25, -0.2) is 4.39 Å². The molecule has 0 radical (unpaired) electrons. The molecular weight excluding hydrogens is 259 g/mol. The highest BCUT2D eigenvalue weighted by Gasteiger charge is 2.10. The van der Waals surface area contributed by atoms with Crippen molar-refractivity contribution in [3.05, 3.63) is 35.1 Å². The molecule has 0 aliphatic heterocycles. The molecular formula is C15H21FN2O2. The fourth-order valence-electron chi connectivity index (χ4n) is 1.91. The number of ether oxygens (including phenoxy) is 2. The Kier molecular flexibility index (Phi) is 7.81. The topological polar surface area (TPSA) is 45.5 Å². The van der Waals surface area contributed by atoms with Gasteiger partial charge in [0.25, 0.3) is 0 Å². The van der Waals surface area contributed by atoms with Gasteiger partial charge in [-0.05, 0) is 18.6 Å². The minimum atomic E-state index is -0.335. The fourth-order valence-corrected chi connectivity index (χ4v) is 1.91. The molecule has 0 fully saturated rings. The first-order valence-electron chi connectivity index (χ1n) is 6.60. The first-order valence-corrected chi connectivity index (χ1v) is 6.60. The Morgan fingerprint density at radius 1 is 1.20 bits per heavy atom. The number of hydrogen-bond donors (Lipinski definition) is 0. The molecule has 0 N–H and O–H groups in total. The van der Waals surface area contributed by atoms with Crippen LogP contribution in [0.2, 0.25) is 0 Å². The van der Waals surface area contributed by atoms with Gasteiger partial charge >= 0.3 is 0 Å². The molecule has 0 aliphatic rings. The van der Waals surface area contributed by atoms with Crippen LogP contribution < -0.4 is 0 Å². The summed E-state index contributed by atoms with van der Waals surface area (Å²) in [5.41, 5.74) is 0.937. The Morgan fingerprint density at radius 3 is 2.55 bits per heavy atom. The van der Waals surface area contributed by atoms with E-state index in [0.29, 0.717) is 30.9 Å². The van der Waals surface area contributed by atoms with Crippen molar-refractivity contribution in [1.29, 1.82) is 5.26 Å². The van der Waals surface area contributed by atoms with Gasteiger partial charge in [-0.2, -0.15) is 5.26 Å². The molecule has 0 saturated heterocycles. The normalized spacial score (nSPS) is 10.8. The van der Waals surface area contributed by atoms with E-state index in [2.05, 4.69) is 4.90 Å². The second-order valence-corrected chi connectivity index (χ2v) is 4.53. The van der Waals surface area contributed by atoms with Crippen molar-refractivity contribution < 1.29 is 13.9 Å². The number of benzene rings is 1. The SMILES string of the molecule is COCCCN(CCOC)Cc1ccc(C#N)cc1F. The third-order valence-corrected chi connectivity index (χ3v) is 3.01. The molecule has 0 bridgehead atoms. The number of nitrogens with zero attached hydrogens (tertiary/aromatic N) is 2. The third kappa shape index (κ3) is 5.66. The number of nitriles is 1. The molecule has 0 atom stereocenters. The van der Waals surface area contributed by atoms with Crippen molar-refractivity contribution in [3.8, 4) is 6.07 Å². The second kappa shape index (κ2) is 9.43. The van der Waals surface area contributed by atoms with E-state index in [1.807, 2.05) is 6.07 Å². The average molecular weight is 280 g/mol. The van der Waals surface area contributed by atoms with Crippen LogP contribution in [-0.4, -0.2) is 45.4 Å². The Morgan fingerprint density at radius 2 is 1.95 bits per heavy atom. The zero-order valence-electron chi connectivity index (χ0n) is 12.1. The molecule has 1 rings (SSSR count). The molecule has 1 aromatic rings. The highest BCUT2D eigenvalue weighted by molar-refractivity contribution is 5.32. The van der Waals surface area contributed by atoms with Crippen molar-refractivity contribution in [3.63, 3.8) is 0 Å². The minimum absolute atomic E-state index is 0.335. The number of hydrogen-bond acceptors (Lipinski definition) is 4. The molecule has 4 nitrogen and oxygen atoms in total. The number of rotatable bonds is 9. The molecule has 0 heterocycles. The van der Waals surface area contributed by atoms with Crippen LogP contribution in [0.5, 0.6) is 0 Å². The van der Waals surface area contributed by atoms with Gasteiger partial charge in [0.2, 0.25) is 0 Å². The molecule has 1 aromatic carbocycles. The molecule has 0 unspecified atom stereocenters. The maximum atomic E-state index is 13.9. The predicted octanol–water partition coefficient (Wildman–Crippen LogP) is 2.18. The highest BCUT2D eigenvalue weighted by Crippen LogP contribution is 2.13. The lowest BCUT2D eigenvalue weighted by Gasteiger charge is -2.22. The zero-order chi connectivity index (χ0) is 14.8. The second-order valence-electron chi connectivity index (χ2n) is 4.53. The zero-order valence-corrected chi connectivity index (χ0v) is 12.1. The monoisotopic (exact) mass is 280 g/mol.